The molecular formula is C21H28ClN3O4. The fourth-order valence-electron chi connectivity index (χ4n) is 3.55. The fraction of sp³-hybridized carbons (Fsp3) is 0.381. The Morgan fingerprint density at radius 3 is 2.48 bits per heavy atom. The lowest BCUT2D eigenvalue weighted by Gasteiger charge is -2.31. The number of benzene rings is 2. The van der Waals surface area contributed by atoms with Crippen LogP contribution in [0.1, 0.15) is 17.5 Å². The number of hydrogen-bond donors (Lipinski definition) is 2. The summed E-state index contributed by atoms with van der Waals surface area (Å²) in [5.74, 6) is 1.74. The molecule has 29 heavy (non-hydrogen) atoms. The van der Waals surface area contributed by atoms with Crippen LogP contribution in [-0.4, -0.2) is 40.3 Å². The van der Waals surface area contributed by atoms with Crippen LogP contribution in [0.15, 0.2) is 30.3 Å². The summed E-state index contributed by atoms with van der Waals surface area (Å²) in [6.07, 6.45) is 1.93. The highest BCUT2D eigenvalue weighted by atomic mass is 35.5. The fourth-order valence-corrected chi connectivity index (χ4v) is 3.55. The average Bonchev–Trinajstić information content (AvgIpc) is 2.72. The Labute approximate surface area is 177 Å². The number of nitrogen functional groups attached to an aromatic ring is 1. The Kier molecular flexibility index (Phi) is 7.84. The summed E-state index contributed by atoms with van der Waals surface area (Å²) in [5, 5.41) is 2.97. The van der Waals surface area contributed by atoms with Gasteiger partial charge in [-0.15, -0.1) is 12.4 Å². The molecule has 0 saturated carbocycles. The first-order valence-corrected chi connectivity index (χ1v) is 9.25. The number of hydrogen-bond acceptors (Lipinski definition) is 6. The standard InChI is InChI=1S/C21H27N3O4.ClH/c1-26-18-11-20(28-3)19(27-2)10-14(18)12-23-21(25)13-24-9-5-6-15-16(22)7-4-8-17(15)24;/h4,7-8,10-11H,5-6,9,12-13,22H2,1-3H3,(H,23,25);1H. The second-order valence-electron chi connectivity index (χ2n) is 6.67. The van der Waals surface area contributed by atoms with Crippen LogP contribution in [0.25, 0.3) is 0 Å². The van der Waals surface area contributed by atoms with Crippen LogP contribution in [0, 0.1) is 0 Å². The van der Waals surface area contributed by atoms with Gasteiger partial charge in [0.25, 0.3) is 0 Å². The predicted molar refractivity (Wildman–Crippen MR) is 117 cm³/mol. The molecule has 0 radical (unpaired) electrons. The normalized spacial score (nSPS) is 12.4. The van der Waals surface area contributed by atoms with Crippen LogP contribution in [-0.2, 0) is 17.8 Å². The molecule has 3 rings (SSSR count). The predicted octanol–water partition coefficient (Wildman–Crippen LogP) is 2.79. The van der Waals surface area contributed by atoms with Gasteiger partial charge in [0.05, 0.1) is 27.9 Å². The van der Waals surface area contributed by atoms with Gasteiger partial charge in [-0.25, -0.2) is 0 Å². The maximum atomic E-state index is 12.6. The molecule has 0 atom stereocenters. The molecule has 1 heterocycles. The van der Waals surface area contributed by atoms with E-state index in [0.717, 1.165) is 41.9 Å². The van der Waals surface area contributed by atoms with Crippen LogP contribution < -0.4 is 30.2 Å². The first-order chi connectivity index (χ1) is 13.6. The summed E-state index contributed by atoms with van der Waals surface area (Å²) >= 11 is 0. The minimum atomic E-state index is -0.0629. The molecule has 0 fully saturated rings. The lowest BCUT2D eigenvalue weighted by atomic mass is 10.00. The molecule has 1 aliphatic heterocycles. The number of ether oxygens (including phenoxy) is 3. The highest BCUT2D eigenvalue weighted by Gasteiger charge is 2.21. The monoisotopic (exact) mass is 421 g/mol. The molecule has 7 nitrogen and oxygen atoms in total. The van der Waals surface area contributed by atoms with Crippen molar-refractivity contribution in [2.24, 2.45) is 0 Å². The van der Waals surface area contributed by atoms with E-state index >= 15 is 0 Å². The number of amides is 1. The molecule has 0 saturated heterocycles. The smallest absolute Gasteiger partial charge is 0.239 e. The molecule has 0 aliphatic carbocycles. The molecule has 8 heteroatoms. The lowest BCUT2D eigenvalue weighted by molar-refractivity contribution is -0.119. The highest BCUT2D eigenvalue weighted by molar-refractivity contribution is 5.85. The topological polar surface area (TPSA) is 86.0 Å². The van der Waals surface area contributed by atoms with Crippen LogP contribution >= 0.6 is 12.4 Å². The van der Waals surface area contributed by atoms with Crippen LogP contribution in [0.5, 0.6) is 17.2 Å². The van der Waals surface area contributed by atoms with Gasteiger partial charge < -0.3 is 30.2 Å². The molecular weight excluding hydrogens is 394 g/mol. The van der Waals surface area contributed by atoms with Gasteiger partial charge >= 0.3 is 0 Å². The number of anilines is 2. The lowest BCUT2D eigenvalue weighted by Crippen LogP contribution is -2.39. The van der Waals surface area contributed by atoms with Crippen molar-refractivity contribution >= 4 is 29.7 Å². The second kappa shape index (κ2) is 10.1. The van der Waals surface area contributed by atoms with Crippen molar-refractivity contribution in [1.82, 2.24) is 5.32 Å². The number of nitrogens with zero attached hydrogens (tertiary/aromatic N) is 1. The van der Waals surface area contributed by atoms with Crippen molar-refractivity contribution in [1.29, 1.82) is 0 Å². The van der Waals surface area contributed by atoms with Crippen LogP contribution in [0.4, 0.5) is 11.4 Å². The van der Waals surface area contributed by atoms with Crippen LogP contribution in [0.2, 0.25) is 0 Å². The molecule has 2 aromatic rings. The first kappa shape index (κ1) is 22.5. The maximum Gasteiger partial charge on any atom is 0.239 e. The van der Waals surface area contributed by atoms with E-state index in [1.54, 1.807) is 27.4 Å². The number of rotatable bonds is 7. The number of carbonyl (C=O) groups excluding carboxylic acids is 1. The molecule has 2 aromatic carbocycles. The molecule has 0 aromatic heterocycles. The summed E-state index contributed by atoms with van der Waals surface area (Å²) in [6.45, 7) is 1.45. The molecule has 3 N–H and O–H groups in total. The van der Waals surface area contributed by atoms with Crippen molar-refractivity contribution in [3.05, 3.63) is 41.5 Å². The van der Waals surface area contributed by atoms with Gasteiger partial charge in [-0.05, 0) is 36.6 Å². The van der Waals surface area contributed by atoms with Gasteiger partial charge in [-0.2, -0.15) is 0 Å². The molecule has 1 aliphatic rings. The van der Waals surface area contributed by atoms with Crippen molar-refractivity contribution < 1.29 is 19.0 Å². The molecule has 158 valence electrons. The maximum absolute atomic E-state index is 12.6. The molecule has 1 amide bonds. The number of carbonyl (C=O) groups is 1. The number of fused-ring (bicyclic) bond motifs is 1. The number of halogens is 1. The number of methoxy groups -OCH3 is 3. The van der Waals surface area contributed by atoms with Crippen molar-refractivity contribution in [2.75, 3.05) is 45.1 Å². The quantitative estimate of drug-likeness (QED) is 0.668. The van der Waals surface area contributed by atoms with E-state index in [2.05, 4.69) is 10.2 Å². The van der Waals surface area contributed by atoms with Gasteiger partial charge in [-0.3, -0.25) is 4.79 Å². The van der Waals surface area contributed by atoms with Crippen molar-refractivity contribution in [3.8, 4) is 17.2 Å². The van der Waals surface area contributed by atoms with E-state index < -0.39 is 0 Å². The Balaban J connectivity index is 0.00000300. The third-order valence-corrected chi connectivity index (χ3v) is 4.98. The van der Waals surface area contributed by atoms with E-state index in [-0.39, 0.29) is 24.9 Å². The summed E-state index contributed by atoms with van der Waals surface area (Å²) in [5.41, 5.74) is 9.87. The third kappa shape index (κ3) is 4.98. The zero-order valence-corrected chi connectivity index (χ0v) is 17.8. The first-order valence-electron chi connectivity index (χ1n) is 9.25. The van der Waals surface area contributed by atoms with Crippen LogP contribution in [0.3, 0.4) is 0 Å². The minimum absolute atomic E-state index is 0. The molecule has 0 spiro atoms. The Hall–Kier alpha value is -2.80. The van der Waals surface area contributed by atoms with E-state index in [9.17, 15) is 4.79 Å². The van der Waals surface area contributed by atoms with E-state index in [1.807, 2.05) is 24.3 Å². The summed E-state index contributed by atoms with van der Waals surface area (Å²) in [4.78, 5) is 14.7. The largest absolute Gasteiger partial charge is 0.496 e. The SMILES string of the molecule is COc1cc(OC)c(OC)cc1CNC(=O)CN1CCCc2c(N)cccc21.Cl. The second-order valence-corrected chi connectivity index (χ2v) is 6.67. The highest BCUT2D eigenvalue weighted by Crippen LogP contribution is 2.34. The number of nitrogens with two attached hydrogens (primary N) is 1. The van der Waals surface area contributed by atoms with Gasteiger partial charge in [0, 0.05) is 36.1 Å². The van der Waals surface area contributed by atoms with Crippen molar-refractivity contribution in [2.45, 2.75) is 19.4 Å². The summed E-state index contributed by atoms with van der Waals surface area (Å²) in [6, 6.07) is 9.43. The Bertz CT molecular complexity index is 860. The number of nitrogens with one attached hydrogen (secondary N) is 1. The van der Waals surface area contributed by atoms with E-state index in [1.165, 1.54) is 0 Å². The minimum Gasteiger partial charge on any atom is -0.496 e. The Morgan fingerprint density at radius 1 is 1.10 bits per heavy atom. The van der Waals surface area contributed by atoms with Gasteiger partial charge in [0.1, 0.15) is 5.75 Å². The zero-order valence-electron chi connectivity index (χ0n) is 17.0. The molecule has 0 bridgehead atoms. The van der Waals surface area contributed by atoms with E-state index in [0.29, 0.717) is 23.8 Å². The van der Waals surface area contributed by atoms with Gasteiger partial charge in [0.15, 0.2) is 11.5 Å². The van der Waals surface area contributed by atoms with E-state index in [4.69, 9.17) is 19.9 Å². The third-order valence-electron chi connectivity index (χ3n) is 4.98. The van der Waals surface area contributed by atoms with Gasteiger partial charge in [0.2, 0.25) is 5.91 Å². The summed E-state index contributed by atoms with van der Waals surface area (Å²) < 4.78 is 16.1. The van der Waals surface area contributed by atoms with Gasteiger partial charge in [-0.1, -0.05) is 6.07 Å². The van der Waals surface area contributed by atoms with Crippen molar-refractivity contribution in [3.63, 3.8) is 0 Å². The Morgan fingerprint density at radius 2 is 1.79 bits per heavy atom. The average molecular weight is 422 g/mol. The summed E-state index contributed by atoms with van der Waals surface area (Å²) in [7, 11) is 4.73. The molecule has 0 unspecified atom stereocenters. The zero-order chi connectivity index (χ0) is 20.1.